The lowest BCUT2D eigenvalue weighted by atomic mass is 10.3. The number of hydrazone groups is 1. The molecule has 2 N–H and O–H groups in total. The molecule has 2 aromatic heterocycles. The maximum atomic E-state index is 12.1. The average Bonchev–Trinajstić information content (AvgIpc) is 2.93. The lowest BCUT2D eigenvalue weighted by molar-refractivity contribution is 0.0816. The molecule has 0 saturated carbocycles. The molecule has 2 aromatic rings. The summed E-state index contributed by atoms with van der Waals surface area (Å²) >= 11 is 0. The van der Waals surface area contributed by atoms with Gasteiger partial charge in [-0.1, -0.05) is 0 Å². The molecule has 0 saturated heterocycles. The highest BCUT2D eigenvalue weighted by Gasteiger charge is 2.22. The number of carbonyl (C=O) groups excluding carboxylic acids is 1. The second-order valence-corrected chi connectivity index (χ2v) is 4.78. The molecule has 0 aliphatic rings. The molecule has 0 fully saturated rings. The minimum absolute atomic E-state index is 0.0506. The number of carbonyl (C=O) groups is 2. The van der Waals surface area contributed by atoms with Crippen LogP contribution in [0.2, 0.25) is 0 Å². The topological polar surface area (TPSA) is 147 Å². The number of rotatable bonds is 3. The Hall–Kier alpha value is -3.92. The third kappa shape index (κ3) is 2.98. The molecule has 0 aliphatic carbocycles. The molecule has 0 aliphatic heterocycles. The Bertz CT molecular complexity index is 928. The summed E-state index contributed by atoms with van der Waals surface area (Å²) in [5, 5.41) is 30.5. The van der Waals surface area contributed by atoms with Crippen LogP contribution in [0, 0.1) is 22.7 Å². The van der Waals surface area contributed by atoms with E-state index in [-0.39, 0.29) is 17.1 Å². The van der Waals surface area contributed by atoms with Crippen molar-refractivity contribution in [3.8, 4) is 12.1 Å². The summed E-state index contributed by atoms with van der Waals surface area (Å²) in [4.78, 5) is 28.8. The lowest BCUT2D eigenvalue weighted by Crippen LogP contribution is -2.26. The quantitative estimate of drug-likeness (QED) is 0.633. The SMILES string of the molecule is CN(C)C(=O)c1cc2cc(NN=C(C#N)C#N)cnc2n1C(=O)O. The first kappa shape index (κ1) is 16.5. The molecule has 10 nitrogen and oxygen atoms in total. The van der Waals surface area contributed by atoms with Crippen molar-refractivity contribution >= 4 is 34.4 Å². The molecule has 0 atom stereocenters. The number of hydrogen-bond donors (Lipinski definition) is 2. The number of nitrogens with zero attached hydrogens (tertiary/aromatic N) is 6. The molecule has 0 bridgehead atoms. The number of fused-ring (bicyclic) bond motifs is 1. The zero-order chi connectivity index (χ0) is 17.9. The van der Waals surface area contributed by atoms with Gasteiger partial charge in [-0.15, -0.1) is 0 Å². The van der Waals surface area contributed by atoms with E-state index in [0.29, 0.717) is 11.1 Å². The van der Waals surface area contributed by atoms with Crippen molar-refractivity contribution < 1.29 is 14.7 Å². The number of carboxylic acid groups (broad SMARTS) is 1. The number of nitrogens with one attached hydrogen (secondary N) is 1. The van der Waals surface area contributed by atoms with Crippen molar-refractivity contribution in [2.75, 3.05) is 19.5 Å². The van der Waals surface area contributed by atoms with E-state index in [1.165, 1.54) is 37.3 Å². The predicted molar refractivity (Wildman–Crippen MR) is 83.5 cm³/mol. The third-order valence-corrected chi connectivity index (χ3v) is 2.97. The Kier molecular flexibility index (Phi) is 4.43. The molecule has 0 aromatic carbocycles. The summed E-state index contributed by atoms with van der Waals surface area (Å²) in [7, 11) is 3.01. The van der Waals surface area contributed by atoms with E-state index in [1.807, 2.05) is 0 Å². The molecule has 24 heavy (non-hydrogen) atoms. The molecule has 1 amide bonds. The maximum Gasteiger partial charge on any atom is 0.417 e. The largest absolute Gasteiger partial charge is 0.464 e. The molecule has 0 radical (unpaired) electrons. The second-order valence-electron chi connectivity index (χ2n) is 4.78. The van der Waals surface area contributed by atoms with Gasteiger partial charge in [-0.3, -0.25) is 10.2 Å². The number of aromatic nitrogens is 2. The van der Waals surface area contributed by atoms with Gasteiger partial charge in [0.15, 0.2) is 0 Å². The van der Waals surface area contributed by atoms with Crippen LogP contribution in [-0.4, -0.2) is 51.4 Å². The summed E-state index contributed by atoms with van der Waals surface area (Å²) in [6.45, 7) is 0. The van der Waals surface area contributed by atoms with Crippen LogP contribution in [0.3, 0.4) is 0 Å². The second kappa shape index (κ2) is 6.46. The van der Waals surface area contributed by atoms with Crippen molar-refractivity contribution in [2.24, 2.45) is 5.10 Å². The highest BCUT2D eigenvalue weighted by Crippen LogP contribution is 2.22. The Morgan fingerprint density at radius 2 is 2.00 bits per heavy atom. The van der Waals surface area contributed by atoms with Crippen molar-refractivity contribution in [1.82, 2.24) is 14.5 Å². The molecule has 120 valence electrons. The Labute approximate surface area is 135 Å². The van der Waals surface area contributed by atoms with E-state index in [1.54, 1.807) is 12.1 Å². The van der Waals surface area contributed by atoms with Gasteiger partial charge >= 0.3 is 6.09 Å². The van der Waals surface area contributed by atoms with E-state index in [2.05, 4.69) is 15.5 Å². The Morgan fingerprint density at radius 3 is 2.54 bits per heavy atom. The summed E-state index contributed by atoms with van der Waals surface area (Å²) in [6, 6.07) is 6.07. The van der Waals surface area contributed by atoms with Crippen LogP contribution in [0.15, 0.2) is 23.4 Å². The van der Waals surface area contributed by atoms with Gasteiger partial charge in [0.1, 0.15) is 23.5 Å². The zero-order valence-electron chi connectivity index (χ0n) is 12.7. The fourth-order valence-electron chi connectivity index (χ4n) is 1.93. The van der Waals surface area contributed by atoms with Gasteiger partial charge in [0.25, 0.3) is 5.91 Å². The molecule has 10 heteroatoms. The minimum Gasteiger partial charge on any atom is -0.464 e. The lowest BCUT2D eigenvalue weighted by Gasteiger charge is -2.10. The maximum absolute atomic E-state index is 12.1. The number of pyridine rings is 1. The van der Waals surface area contributed by atoms with E-state index in [9.17, 15) is 14.7 Å². The minimum atomic E-state index is -1.34. The average molecular weight is 325 g/mol. The summed E-state index contributed by atoms with van der Waals surface area (Å²) in [5.74, 6) is -0.487. The first-order valence-electron chi connectivity index (χ1n) is 6.49. The molecule has 2 heterocycles. The van der Waals surface area contributed by atoms with Gasteiger partial charge in [-0.05, 0) is 12.1 Å². The predicted octanol–water partition coefficient (Wildman–Crippen LogP) is 1.08. The first-order chi connectivity index (χ1) is 11.4. The van der Waals surface area contributed by atoms with Crippen LogP contribution < -0.4 is 5.43 Å². The fourth-order valence-corrected chi connectivity index (χ4v) is 1.93. The number of amides is 1. The smallest absolute Gasteiger partial charge is 0.417 e. The first-order valence-corrected chi connectivity index (χ1v) is 6.49. The summed E-state index contributed by atoms with van der Waals surface area (Å²) in [6.07, 6.45) is -0.0562. The molecular weight excluding hydrogens is 314 g/mol. The van der Waals surface area contributed by atoms with Gasteiger partial charge in [-0.25, -0.2) is 14.3 Å². The van der Waals surface area contributed by atoms with E-state index < -0.39 is 12.0 Å². The molecular formula is C14H11N7O3. The van der Waals surface area contributed by atoms with E-state index in [4.69, 9.17) is 10.5 Å². The van der Waals surface area contributed by atoms with Crippen molar-refractivity contribution in [3.63, 3.8) is 0 Å². The number of hydrogen-bond acceptors (Lipinski definition) is 7. The normalized spacial score (nSPS) is 9.67. The van der Waals surface area contributed by atoms with Crippen molar-refractivity contribution in [3.05, 3.63) is 24.0 Å². The van der Waals surface area contributed by atoms with E-state index in [0.717, 1.165) is 4.57 Å². The standard InChI is InChI=1S/C14H11N7O3/c1-20(2)13(22)11-4-8-3-9(18-19-10(5-15)6-16)7-17-12(8)21(11)14(23)24/h3-4,7,18H,1-2H3,(H,23,24). The van der Waals surface area contributed by atoms with Crippen LogP contribution in [0.1, 0.15) is 10.5 Å². The van der Waals surface area contributed by atoms with Crippen molar-refractivity contribution in [1.29, 1.82) is 10.5 Å². The van der Waals surface area contributed by atoms with Crippen LogP contribution in [-0.2, 0) is 0 Å². The van der Waals surface area contributed by atoms with Gasteiger partial charge in [-0.2, -0.15) is 15.6 Å². The van der Waals surface area contributed by atoms with Gasteiger partial charge < -0.3 is 10.0 Å². The Balaban J connectivity index is 2.53. The molecule has 0 spiro atoms. The molecule has 0 unspecified atom stereocenters. The van der Waals surface area contributed by atoms with Crippen LogP contribution in [0.25, 0.3) is 11.0 Å². The summed E-state index contributed by atoms with van der Waals surface area (Å²) < 4.78 is 0.792. The Morgan fingerprint density at radius 1 is 1.33 bits per heavy atom. The van der Waals surface area contributed by atoms with Crippen LogP contribution in [0.4, 0.5) is 10.5 Å². The van der Waals surface area contributed by atoms with Crippen LogP contribution >= 0.6 is 0 Å². The summed E-state index contributed by atoms with van der Waals surface area (Å²) in [5.41, 5.74) is 2.47. The van der Waals surface area contributed by atoms with Gasteiger partial charge in [0.2, 0.25) is 5.71 Å². The molecule has 2 rings (SSSR count). The van der Waals surface area contributed by atoms with Gasteiger partial charge in [0.05, 0.1) is 11.9 Å². The van der Waals surface area contributed by atoms with Crippen molar-refractivity contribution in [2.45, 2.75) is 0 Å². The van der Waals surface area contributed by atoms with E-state index >= 15 is 0 Å². The monoisotopic (exact) mass is 325 g/mol. The fraction of sp³-hybridized carbons (Fsp3) is 0.143. The zero-order valence-corrected chi connectivity index (χ0v) is 12.7. The van der Waals surface area contributed by atoms with Gasteiger partial charge in [0, 0.05) is 19.5 Å². The highest BCUT2D eigenvalue weighted by atomic mass is 16.4. The third-order valence-electron chi connectivity index (χ3n) is 2.97. The highest BCUT2D eigenvalue weighted by molar-refractivity contribution is 6.10. The number of nitriles is 2. The van der Waals surface area contributed by atoms with Crippen LogP contribution in [0.5, 0.6) is 0 Å². The number of anilines is 1.